The third kappa shape index (κ3) is 20.1. The number of anilines is 3. The number of Topliss-reactive ketones (excluding diaryl/α,β-unsaturated/α-hetero) is 3. The predicted octanol–water partition coefficient (Wildman–Crippen LogP) is 14.5. The summed E-state index contributed by atoms with van der Waals surface area (Å²) in [5.74, 6) is -0.747. The van der Waals surface area contributed by atoms with E-state index in [4.69, 9.17) is 85.2 Å². The first-order valence-electron chi connectivity index (χ1n) is 32.2. The number of carbonyl (C=O) groups excluding carboxylic acids is 6. The minimum atomic E-state index is -0.574. The van der Waals surface area contributed by atoms with Gasteiger partial charge in [-0.3, -0.25) is 44.6 Å². The van der Waals surface area contributed by atoms with Crippen LogP contribution in [-0.2, 0) is 24.0 Å². The van der Waals surface area contributed by atoms with Gasteiger partial charge in [0, 0.05) is 159 Å². The molecule has 6 heterocycles. The number of phenols is 3. The van der Waals surface area contributed by atoms with Gasteiger partial charge in [-0.1, -0.05) is 142 Å². The predicted molar refractivity (Wildman–Crippen MR) is 400 cm³/mol. The van der Waals surface area contributed by atoms with Crippen molar-refractivity contribution in [3.05, 3.63) is 261 Å². The summed E-state index contributed by atoms with van der Waals surface area (Å²) in [5, 5.41) is 57.9. The zero-order valence-corrected chi connectivity index (χ0v) is 59.6. The highest BCUT2D eigenvalue weighted by Crippen LogP contribution is 2.33. The van der Waals surface area contributed by atoms with Crippen LogP contribution in [0, 0.1) is 10.8 Å². The summed E-state index contributed by atoms with van der Waals surface area (Å²) >= 11 is 35.7. The number of pyridine rings is 3. The summed E-state index contributed by atoms with van der Waals surface area (Å²) in [4.78, 5) is 100. The number of nitrogens with zero attached hydrogens (tertiary/aromatic N) is 7. The van der Waals surface area contributed by atoms with Gasteiger partial charge in [-0.2, -0.15) is 0 Å². The van der Waals surface area contributed by atoms with Crippen molar-refractivity contribution in [2.24, 2.45) is 4.99 Å². The number of benzene rings is 6. The number of amides is 3. The number of carbonyl (C=O) groups is 6. The second kappa shape index (κ2) is 35.1. The maximum atomic E-state index is 13.0. The maximum absolute atomic E-state index is 13.0. The highest BCUT2D eigenvalue weighted by atomic mass is 35.5. The summed E-state index contributed by atoms with van der Waals surface area (Å²) in [5.41, 5.74) is 4.34. The molecule has 22 nitrogen and oxygen atoms in total. The first-order valence-corrected chi connectivity index (χ1v) is 34.5. The van der Waals surface area contributed by atoms with Crippen molar-refractivity contribution in [1.29, 1.82) is 10.8 Å². The Morgan fingerprint density at radius 1 is 0.427 bits per heavy atom. The summed E-state index contributed by atoms with van der Waals surface area (Å²) in [6, 6.07) is 38.1. The van der Waals surface area contributed by atoms with Gasteiger partial charge < -0.3 is 50.7 Å². The van der Waals surface area contributed by atoms with E-state index in [0.29, 0.717) is 75.3 Å². The fourth-order valence-electron chi connectivity index (χ4n) is 11.3. The van der Waals surface area contributed by atoms with E-state index in [9.17, 15) is 44.1 Å². The molecule has 28 heteroatoms. The molecule has 0 spiro atoms. The van der Waals surface area contributed by atoms with Gasteiger partial charge in [-0.25, -0.2) is 15.0 Å². The molecular formula is C75H66Cl6N12O10. The molecule has 3 aliphatic heterocycles. The second-order valence-corrected chi connectivity index (χ2v) is 26.4. The van der Waals surface area contributed by atoms with Crippen molar-refractivity contribution in [2.75, 3.05) is 75.5 Å². The standard InChI is InChI=1S/C26H24Cl2N4O3.C25H22Cl2N4O4.C24H20Cl2N4O3/c27-18-8-9-24(30-15-18)31-26(35)21-12-19(28)13-23(34)20(21)14-22(33)16-4-6-17(7-5-16)25(29)32-10-2-1-3-11-32;26-17-5-6-23(29-14-17)30-25(34)20-11-18(27)12-22(33)19(20)13-21(32)15-1-3-16(4-2-15)24(28)31-7-9-35-10-8-31;1-30-9-8-27-23(30)15-4-2-14(3-5-15)20(31)12-18-19(10-17(26)11-21(18)32)24(33)29-22-7-6-16(25)13-28-22/h4-9,12-13,15,29,34H,1-3,10-11,14H2,(H,30,31,35);1-6,11-12,14,28,33H,7-10,13H2,(H,29,30,34);2-7,10-11,13,32H,8-9,12H2,1H3,(H,28,29,33). The van der Waals surface area contributed by atoms with E-state index in [-0.39, 0.29) is 120 Å². The molecule has 0 bridgehead atoms. The SMILES string of the molecule is CN1CCN=C1c1ccc(C(=O)Cc2c(O)cc(Cl)cc2C(=O)Nc2ccc(Cl)cn2)cc1.N=C(c1ccc(C(=O)Cc2c(O)cc(Cl)cc2C(=O)Nc2ccc(Cl)cn2)cc1)N1CCCCC1.N=C(c1ccc(C(=O)Cc2c(O)cc(Cl)cc2C(=O)Nc2ccc(Cl)cn2)cc1)N1CCOCC1. The smallest absolute Gasteiger partial charge is 0.257 e. The average Bonchev–Trinajstić information content (AvgIpc) is 1.17. The van der Waals surface area contributed by atoms with Crippen molar-refractivity contribution in [1.82, 2.24) is 29.7 Å². The van der Waals surface area contributed by atoms with Gasteiger partial charge in [0.25, 0.3) is 17.7 Å². The van der Waals surface area contributed by atoms with Crippen molar-refractivity contribution in [3.63, 3.8) is 0 Å². The Balaban J connectivity index is 0.000000166. The fourth-order valence-corrected chi connectivity index (χ4v) is 12.2. The van der Waals surface area contributed by atoms with Crippen molar-refractivity contribution in [3.8, 4) is 17.2 Å². The number of amidine groups is 3. The molecule has 3 aromatic heterocycles. The number of halogens is 6. The molecule has 0 aliphatic carbocycles. The summed E-state index contributed by atoms with van der Waals surface area (Å²) in [7, 11) is 1.97. The number of aromatic nitrogens is 3. The molecule has 3 aliphatic rings. The molecule has 9 aromatic rings. The molecule has 2 saturated heterocycles. The first kappa shape index (κ1) is 75.4. The number of hydrogen-bond donors (Lipinski definition) is 8. The number of ketones is 3. The van der Waals surface area contributed by atoms with Crippen molar-refractivity contribution < 1.29 is 48.8 Å². The van der Waals surface area contributed by atoms with Crippen LogP contribution >= 0.6 is 69.6 Å². The van der Waals surface area contributed by atoms with E-state index in [2.05, 4.69) is 40.8 Å². The quantitative estimate of drug-likeness (QED) is 0.0225. The van der Waals surface area contributed by atoms with Gasteiger partial charge in [0.05, 0.1) is 34.8 Å². The topological polar surface area (TPSA) is 317 Å². The minimum Gasteiger partial charge on any atom is -0.508 e. The maximum Gasteiger partial charge on any atom is 0.257 e. The molecule has 528 valence electrons. The van der Waals surface area contributed by atoms with Gasteiger partial charge in [-0.15, -0.1) is 0 Å². The van der Waals surface area contributed by atoms with Crippen LogP contribution in [0.15, 0.2) is 169 Å². The third-order valence-corrected chi connectivity index (χ3v) is 18.0. The number of aromatic hydroxyl groups is 3. The summed E-state index contributed by atoms with van der Waals surface area (Å²) in [6.45, 7) is 5.79. The second-order valence-electron chi connectivity index (χ2n) is 23.8. The number of phenolic OH excluding ortho intramolecular Hbond substituents is 3. The van der Waals surface area contributed by atoms with Crippen LogP contribution in [-0.4, -0.2) is 157 Å². The Bertz CT molecular complexity index is 4500. The molecule has 8 N–H and O–H groups in total. The Hall–Kier alpha value is -10.3. The van der Waals surface area contributed by atoms with Crippen LogP contribution in [0.3, 0.4) is 0 Å². The van der Waals surface area contributed by atoms with Gasteiger partial charge >= 0.3 is 0 Å². The van der Waals surface area contributed by atoms with E-state index < -0.39 is 17.7 Å². The molecule has 0 atom stereocenters. The number of nitrogens with one attached hydrogen (secondary N) is 5. The molecule has 0 radical (unpaired) electrons. The van der Waals surface area contributed by atoms with E-state index in [0.717, 1.165) is 56.0 Å². The van der Waals surface area contributed by atoms with Crippen molar-refractivity contribution >= 4 is 140 Å². The van der Waals surface area contributed by atoms with Crippen LogP contribution < -0.4 is 16.0 Å². The van der Waals surface area contributed by atoms with E-state index >= 15 is 0 Å². The van der Waals surface area contributed by atoms with Crippen molar-refractivity contribution in [2.45, 2.75) is 38.5 Å². The summed E-state index contributed by atoms with van der Waals surface area (Å²) in [6.07, 6.45) is 6.91. The lowest BCUT2D eigenvalue weighted by Crippen LogP contribution is -2.40. The third-order valence-electron chi connectivity index (χ3n) is 16.7. The zero-order valence-electron chi connectivity index (χ0n) is 55.1. The highest BCUT2D eigenvalue weighted by molar-refractivity contribution is 6.33. The molecule has 0 saturated carbocycles. The van der Waals surface area contributed by atoms with Crippen LogP contribution in [0.5, 0.6) is 17.2 Å². The van der Waals surface area contributed by atoms with Crippen LogP contribution in [0.25, 0.3) is 0 Å². The number of rotatable bonds is 18. The van der Waals surface area contributed by atoms with E-state index in [1.807, 2.05) is 29.0 Å². The molecule has 3 amide bonds. The number of morpholine rings is 1. The van der Waals surface area contributed by atoms with E-state index in [1.165, 1.54) is 67.5 Å². The molecular weight excluding hydrogens is 1440 g/mol. The molecule has 2 fully saturated rings. The van der Waals surface area contributed by atoms with Gasteiger partial charge in [0.15, 0.2) is 17.3 Å². The average molecular weight is 1510 g/mol. The molecule has 12 rings (SSSR count). The van der Waals surface area contributed by atoms with Crippen LogP contribution in [0.4, 0.5) is 17.5 Å². The normalized spacial score (nSPS) is 13.3. The highest BCUT2D eigenvalue weighted by Gasteiger charge is 2.26. The lowest BCUT2D eigenvalue weighted by molar-refractivity contribution is 0.0680. The monoisotopic (exact) mass is 1500 g/mol. The number of ether oxygens (including phenoxy) is 1. The van der Waals surface area contributed by atoms with E-state index in [1.54, 1.807) is 91.0 Å². The Morgan fingerprint density at radius 3 is 1.08 bits per heavy atom. The number of aliphatic imine (C=N–C) groups is 1. The number of piperidine rings is 1. The fraction of sp³-hybridized carbons (Fsp3) is 0.200. The van der Waals surface area contributed by atoms with Gasteiger partial charge in [0.2, 0.25) is 0 Å². The largest absolute Gasteiger partial charge is 0.508 e. The first-order chi connectivity index (χ1) is 49.4. The molecule has 6 aromatic carbocycles. The number of likely N-dealkylation sites (N-methyl/N-ethyl adjacent to an activating group) is 1. The lowest BCUT2D eigenvalue weighted by Gasteiger charge is -2.29. The lowest BCUT2D eigenvalue weighted by atomic mass is 9.96. The Labute approximate surface area is 622 Å². The Morgan fingerprint density at radius 2 is 0.757 bits per heavy atom. The van der Waals surface area contributed by atoms with Crippen LogP contribution in [0.1, 0.15) is 115 Å². The summed E-state index contributed by atoms with van der Waals surface area (Å²) < 4.78 is 5.33. The number of likely N-dealkylation sites (tertiary alicyclic amines) is 1. The molecule has 103 heavy (non-hydrogen) atoms. The number of hydrogen-bond acceptors (Lipinski definition) is 17. The zero-order chi connectivity index (χ0) is 73.4. The van der Waals surface area contributed by atoms with Crippen LogP contribution in [0.2, 0.25) is 30.1 Å². The minimum absolute atomic E-state index is 0.0609. The molecule has 0 unspecified atom stereocenters. The Kier molecular flexibility index (Phi) is 25.6. The van der Waals surface area contributed by atoms with Gasteiger partial charge in [-0.05, 0) is 92.1 Å². The van der Waals surface area contributed by atoms with Gasteiger partial charge in [0.1, 0.15) is 52.2 Å².